The summed E-state index contributed by atoms with van der Waals surface area (Å²) in [7, 11) is 1.87. The third kappa shape index (κ3) is 2.35. The average Bonchev–Trinajstić information content (AvgIpc) is 3.31. The maximum absolute atomic E-state index is 13.1. The summed E-state index contributed by atoms with van der Waals surface area (Å²) in [5.41, 5.74) is 4.87. The van der Waals surface area contributed by atoms with Gasteiger partial charge in [0.2, 0.25) is 0 Å². The van der Waals surface area contributed by atoms with E-state index in [1.54, 1.807) is 10.9 Å². The van der Waals surface area contributed by atoms with Gasteiger partial charge in [-0.25, -0.2) is 4.98 Å². The summed E-state index contributed by atoms with van der Waals surface area (Å²) in [6.45, 7) is 1.91. The molecule has 7 heteroatoms. The Morgan fingerprint density at radius 3 is 2.96 bits per heavy atom. The normalized spacial score (nSPS) is 14.2. The molecule has 0 radical (unpaired) electrons. The van der Waals surface area contributed by atoms with Crippen molar-refractivity contribution in [3.8, 4) is 0 Å². The molecule has 1 aromatic carbocycles. The molecule has 0 aliphatic heterocycles. The lowest BCUT2D eigenvalue weighted by Gasteiger charge is -2.09. The molecule has 0 spiro atoms. The summed E-state index contributed by atoms with van der Waals surface area (Å²) in [5, 5.41) is 16.2. The molecule has 4 aromatic rings. The zero-order valence-electron chi connectivity index (χ0n) is 14.6. The molecule has 1 saturated carbocycles. The van der Waals surface area contributed by atoms with Gasteiger partial charge >= 0.3 is 0 Å². The molecule has 0 atom stereocenters. The first kappa shape index (κ1) is 15.1. The summed E-state index contributed by atoms with van der Waals surface area (Å²) in [4.78, 5) is 17.8. The SMILES string of the molecule is Cc1nn(C)c2nc(C3CC3)cc(C(=O)Nc3ccc4[nH]ncc4c3)c12. The zero-order chi connectivity index (χ0) is 17.8. The molecule has 2 N–H and O–H groups in total. The molecule has 1 aliphatic carbocycles. The second-order valence-corrected chi connectivity index (χ2v) is 6.90. The smallest absolute Gasteiger partial charge is 0.256 e. The monoisotopic (exact) mass is 346 g/mol. The highest BCUT2D eigenvalue weighted by molar-refractivity contribution is 6.13. The molecular formula is C19H18N6O. The lowest BCUT2D eigenvalue weighted by molar-refractivity contribution is 0.102. The number of aryl methyl sites for hydroxylation is 2. The van der Waals surface area contributed by atoms with Gasteiger partial charge in [0.05, 0.1) is 28.4 Å². The summed E-state index contributed by atoms with van der Waals surface area (Å²) in [6, 6.07) is 7.62. The van der Waals surface area contributed by atoms with E-state index < -0.39 is 0 Å². The predicted molar refractivity (Wildman–Crippen MR) is 99.3 cm³/mol. The van der Waals surface area contributed by atoms with Crippen LogP contribution in [-0.2, 0) is 7.05 Å². The molecular weight excluding hydrogens is 328 g/mol. The van der Waals surface area contributed by atoms with Crippen LogP contribution in [0.15, 0.2) is 30.5 Å². The summed E-state index contributed by atoms with van der Waals surface area (Å²) in [5.74, 6) is 0.321. The number of benzene rings is 1. The van der Waals surface area contributed by atoms with Gasteiger partial charge in [-0.2, -0.15) is 10.2 Å². The van der Waals surface area contributed by atoms with Gasteiger partial charge < -0.3 is 5.32 Å². The third-order valence-corrected chi connectivity index (χ3v) is 4.93. The number of carbonyl (C=O) groups is 1. The molecule has 1 amide bonds. The minimum Gasteiger partial charge on any atom is -0.322 e. The fourth-order valence-corrected chi connectivity index (χ4v) is 3.45. The van der Waals surface area contributed by atoms with E-state index in [0.29, 0.717) is 11.5 Å². The standard InChI is InChI=1S/C19H18N6O/c1-10-17-14(8-16(11-3-4-11)22-18(17)25(2)24-10)19(26)21-13-5-6-15-12(7-13)9-20-23-15/h5-9,11H,3-4H2,1-2H3,(H,20,23)(H,21,26). The van der Waals surface area contributed by atoms with Crippen LogP contribution in [0.25, 0.3) is 21.9 Å². The van der Waals surface area contributed by atoms with Gasteiger partial charge in [0.1, 0.15) is 0 Å². The van der Waals surface area contributed by atoms with E-state index in [2.05, 4.69) is 20.6 Å². The number of aromatic amines is 1. The van der Waals surface area contributed by atoms with Crippen LogP contribution in [-0.4, -0.2) is 30.9 Å². The molecule has 0 saturated heterocycles. The average molecular weight is 346 g/mol. The van der Waals surface area contributed by atoms with Gasteiger partial charge in [-0.3, -0.25) is 14.6 Å². The summed E-state index contributed by atoms with van der Waals surface area (Å²) < 4.78 is 1.75. The van der Waals surface area contributed by atoms with E-state index in [9.17, 15) is 4.79 Å². The summed E-state index contributed by atoms with van der Waals surface area (Å²) in [6.07, 6.45) is 4.01. The van der Waals surface area contributed by atoms with Crippen molar-refractivity contribution < 1.29 is 4.79 Å². The van der Waals surface area contributed by atoms with Crippen molar-refractivity contribution in [3.63, 3.8) is 0 Å². The second kappa shape index (κ2) is 5.39. The molecule has 1 fully saturated rings. The van der Waals surface area contributed by atoms with Crippen LogP contribution < -0.4 is 5.32 Å². The van der Waals surface area contributed by atoms with Crippen molar-refractivity contribution in [2.75, 3.05) is 5.32 Å². The van der Waals surface area contributed by atoms with Crippen molar-refractivity contribution >= 4 is 33.5 Å². The van der Waals surface area contributed by atoms with Crippen molar-refractivity contribution in [1.82, 2.24) is 25.0 Å². The molecule has 7 nitrogen and oxygen atoms in total. The molecule has 0 unspecified atom stereocenters. The number of H-pyrrole nitrogens is 1. The third-order valence-electron chi connectivity index (χ3n) is 4.93. The highest BCUT2D eigenvalue weighted by Crippen LogP contribution is 2.40. The maximum Gasteiger partial charge on any atom is 0.256 e. The summed E-state index contributed by atoms with van der Waals surface area (Å²) >= 11 is 0. The van der Waals surface area contributed by atoms with Gasteiger partial charge in [-0.15, -0.1) is 0 Å². The highest BCUT2D eigenvalue weighted by Gasteiger charge is 2.28. The van der Waals surface area contributed by atoms with E-state index in [1.807, 2.05) is 38.2 Å². The Bertz CT molecular complexity index is 1170. The number of amides is 1. The Labute approximate surface area is 149 Å². The number of aromatic nitrogens is 5. The number of hydrogen-bond acceptors (Lipinski definition) is 4. The fourth-order valence-electron chi connectivity index (χ4n) is 3.45. The van der Waals surface area contributed by atoms with Crippen molar-refractivity contribution in [2.24, 2.45) is 7.05 Å². The maximum atomic E-state index is 13.1. The lowest BCUT2D eigenvalue weighted by atomic mass is 10.1. The van der Waals surface area contributed by atoms with Crippen molar-refractivity contribution in [1.29, 1.82) is 0 Å². The fraction of sp³-hybridized carbons (Fsp3) is 0.263. The van der Waals surface area contributed by atoms with E-state index >= 15 is 0 Å². The highest BCUT2D eigenvalue weighted by atomic mass is 16.1. The first-order chi connectivity index (χ1) is 12.6. The minimum atomic E-state index is -0.141. The van der Waals surface area contributed by atoms with Gasteiger partial charge in [-0.1, -0.05) is 0 Å². The number of rotatable bonds is 3. The molecule has 1 aliphatic rings. The lowest BCUT2D eigenvalue weighted by Crippen LogP contribution is -2.13. The zero-order valence-corrected chi connectivity index (χ0v) is 14.6. The van der Waals surface area contributed by atoms with Crippen LogP contribution in [0.2, 0.25) is 0 Å². The Morgan fingerprint density at radius 2 is 2.15 bits per heavy atom. The van der Waals surface area contributed by atoms with E-state index in [4.69, 9.17) is 4.98 Å². The van der Waals surface area contributed by atoms with E-state index in [0.717, 1.165) is 51.9 Å². The number of anilines is 1. The molecule has 0 bridgehead atoms. The van der Waals surface area contributed by atoms with Crippen LogP contribution in [0.4, 0.5) is 5.69 Å². The Balaban J connectivity index is 1.59. The van der Waals surface area contributed by atoms with E-state index in [1.165, 1.54) is 0 Å². The quantitative estimate of drug-likeness (QED) is 0.596. The second-order valence-electron chi connectivity index (χ2n) is 6.90. The topological polar surface area (TPSA) is 88.5 Å². The van der Waals surface area contributed by atoms with Crippen LogP contribution >= 0.6 is 0 Å². The van der Waals surface area contributed by atoms with Crippen LogP contribution in [0.1, 0.15) is 40.5 Å². The Morgan fingerprint density at radius 1 is 1.31 bits per heavy atom. The Hall–Kier alpha value is -3.22. The minimum absolute atomic E-state index is 0.141. The first-order valence-electron chi connectivity index (χ1n) is 8.69. The number of fused-ring (bicyclic) bond motifs is 2. The molecule has 26 heavy (non-hydrogen) atoms. The van der Waals surface area contributed by atoms with Crippen LogP contribution in [0.3, 0.4) is 0 Å². The van der Waals surface area contributed by atoms with Gasteiger partial charge in [-0.05, 0) is 44.0 Å². The van der Waals surface area contributed by atoms with Gasteiger partial charge in [0, 0.05) is 29.7 Å². The largest absolute Gasteiger partial charge is 0.322 e. The number of hydrogen-bond donors (Lipinski definition) is 2. The number of carbonyl (C=O) groups excluding carboxylic acids is 1. The van der Waals surface area contributed by atoms with Crippen LogP contribution in [0.5, 0.6) is 0 Å². The predicted octanol–water partition coefficient (Wildman–Crippen LogP) is 3.28. The van der Waals surface area contributed by atoms with Gasteiger partial charge in [0.15, 0.2) is 5.65 Å². The number of nitrogens with one attached hydrogen (secondary N) is 2. The first-order valence-corrected chi connectivity index (χ1v) is 8.69. The molecule has 5 rings (SSSR count). The molecule has 130 valence electrons. The van der Waals surface area contributed by atoms with Crippen molar-refractivity contribution in [2.45, 2.75) is 25.7 Å². The number of pyridine rings is 1. The van der Waals surface area contributed by atoms with Crippen LogP contribution in [0, 0.1) is 6.92 Å². The van der Waals surface area contributed by atoms with Gasteiger partial charge in [0.25, 0.3) is 5.91 Å². The van der Waals surface area contributed by atoms with E-state index in [-0.39, 0.29) is 5.91 Å². The molecule has 3 heterocycles. The number of nitrogens with zero attached hydrogens (tertiary/aromatic N) is 4. The molecule has 3 aromatic heterocycles. The van der Waals surface area contributed by atoms with Crippen molar-refractivity contribution in [3.05, 3.63) is 47.4 Å². The Kier molecular flexibility index (Phi) is 3.12.